The lowest BCUT2D eigenvalue weighted by Gasteiger charge is -2.20. The van der Waals surface area contributed by atoms with Crippen molar-refractivity contribution in [3.05, 3.63) is 112 Å². The number of benzene rings is 3. The van der Waals surface area contributed by atoms with Gasteiger partial charge in [-0.15, -0.1) is 0 Å². The van der Waals surface area contributed by atoms with E-state index in [2.05, 4.69) is 5.32 Å². The highest BCUT2D eigenvalue weighted by Gasteiger charge is 2.18. The maximum Gasteiger partial charge on any atom is 0.267 e. The average molecular weight is 407 g/mol. The molecular formula is C23H19ClN2O3. The van der Waals surface area contributed by atoms with Gasteiger partial charge in [0.1, 0.15) is 0 Å². The molecule has 29 heavy (non-hydrogen) atoms. The van der Waals surface area contributed by atoms with Crippen molar-refractivity contribution in [1.82, 2.24) is 10.8 Å². The Morgan fingerprint density at radius 2 is 1.62 bits per heavy atom. The van der Waals surface area contributed by atoms with E-state index in [0.717, 1.165) is 16.7 Å². The Morgan fingerprint density at radius 1 is 0.897 bits per heavy atom. The molecule has 0 aliphatic carbocycles. The first-order chi connectivity index (χ1) is 14.1. The zero-order valence-corrected chi connectivity index (χ0v) is 16.1. The Labute approximate surface area is 173 Å². The largest absolute Gasteiger partial charge is 0.341 e. The molecule has 2 amide bonds. The summed E-state index contributed by atoms with van der Waals surface area (Å²) in [6.45, 7) is 0. The maximum atomic E-state index is 12.8. The minimum absolute atomic E-state index is 0.203. The summed E-state index contributed by atoms with van der Waals surface area (Å²) in [7, 11) is 0. The van der Waals surface area contributed by atoms with E-state index < -0.39 is 11.9 Å². The van der Waals surface area contributed by atoms with Crippen LogP contribution in [0.2, 0.25) is 5.02 Å². The van der Waals surface area contributed by atoms with E-state index >= 15 is 0 Å². The molecule has 1 unspecified atom stereocenters. The molecule has 0 spiro atoms. The van der Waals surface area contributed by atoms with Crippen molar-refractivity contribution < 1.29 is 14.8 Å². The summed E-state index contributed by atoms with van der Waals surface area (Å²) >= 11 is 6.02. The second-order valence-corrected chi connectivity index (χ2v) is 6.74. The smallest absolute Gasteiger partial charge is 0.267 e. The molecule has 0 bridgehead atoms. The van der Waals surface area contributed by atoms with Gasteiger partial charge in [0.15, 0.2) is 0 Å². The summed E-state index contributed by atoms with van der Waals surface area (Å²) in [5.74, 6) is -0.826. The minimum atomic E-state index is -0.623. The number of halogens is 1. The van der Waals surface area contributed by atoms with E-state index in [9.17, 15) is 9.59 Å². The highest BCUT2D eigenvalue weighted by atomic mass is 35.5. The standard InChI is InChI=1S/C23H19ClN2O3/c24-20-12-10-17(11-13-20)22(25-23(28)18-6-2-1-3-7-18)19-8-4-5-16(15-19)9-14-21(27)26-29/h1-15,22,29H,(H,25,28)(H,26,27)/b14-9+. The summed E-state index contributed by atoms with van der Waals surface area (Å²) in [5, 5.41) is 12.3. The maximum absolute atomic E-state index is 12.8. The molecule has 146 valence electrons. The Bertz CT molecular complexity index is 1020. The summed E-state index contributed by atoms with van der Waals surface area (Å²) in [5.41, 5.74) is 4.56. The van der Waals surface area contributed by atoms with E-state index in [4.69, 9.17) is 16.8 Å². The van der Waals surface area contributed by atoms with Crippen LogP contribution in [-0.2, 0) is 4.79 Å². The summed E-state index contributed by atoms with van der Waals surface area (Å²) in [4.78, 5) is 24.0. The molecule has 3 N–H and O–H groups in total. The van der Waals surface area contributed by atoms with Gasteiger partial charge in [0.05, 0.1) is 6.04 Å². The molecule has 0 saturated carbocycles. The third-order valence-corrected chi connectivity index (χ3v) is 4.55. The SMILES string of the molecule is O=C(/C=C/c1cccc(C(NC(=O)c2ccccc2)c2ccc(Cl)cc2)c1)NO. The zero-order valence-electron chi connectivity index (χ0n) is 15.4. The van der Waals surface area contributed by atoms with Crippen LogP contribution in [0.5, 0.6) is 0 Å². The molecule has 1 atom stereocenters. The van der Waals surface area contributed by atoms with Crippen LogP contribution in [0, 0.1) is 0 Å². The average Bonchev–Trinajstić information content (AvgIpc) is 2.77. The van der Waals surface area contributed by atoms with Crippen LogP contribution in [0.1, 0.15) is 33.1 Å². The Balaban J connectivity index is 1.95. The predicted octanol–water partition coefficient (Wildman–Crippen LogP) is 4.38. The van der Waals surface area contributed by atoms with E-state index in [0.29, 0.717) is 10.6 Å². The van der Waals surface area contributed by atoms with E-state index in [1.54, 1.807) is 35.8 Å². The van der Waals surface area contributed by atoms with Crippen LogP contribution < -0.4 is 10.8 Å². The molecule has 0 saturated heterocycles. The molecule has 0 aliphatic heterocycles. The number of amides is 2. The number of hydrogen-bond donors (Lipinski definition) is 3. The Morgan fingerprint density at radius 3 is 2.31 bits per heavy atom. The van der Waals surface area contributed by atoms with Crippen molar-refractivity contribution in [3.8, 4) is 0 Å². The fourth-order valence-electron chi connectivity index (χ4n) is 2.87. The summed E-state index contributed by atoms with van der Waals surface area (Å²) in [6, 6.07) is 23.2. The van der Waals surface area contributed by atoms with Crippen LogP contribution in [0.15, 0.2) is 84.9 Å². The second kappa shape index (κ2) is 9.68. The van der Waals surface area contributed by atoms with E-state index in [1.165, 1.54) is 6.08 Å². The molecule has 5 nitrogen and oxygen atoms in total. The lowest BCUT2D eigenvalue weighted by atomic mass is 9.96. The molecule has 6 heteroatoms. The lowest BCUT2D eigenvalue weighted by molar-refractivity contribution is -0.124. The first-order valence-corrected chi connectivity index (χ1v) is 9.28. The fourth-order valence-corrected chi connectivity index (χ4v) is 3.00. The van der Waals surface area contributed by atoms with Gasteiger partial charge in [-0.1, -0.05) is 60.1 Å². The normalized spacial score (nSPS) is 11.8. The number of hydrogen-bond acceptors (Lipinski definition) is 3. The van der Waals surface area contributed by atoms with Crippen molar-refractivity contribution >= 4 is 29.5 Å². The molecule has 0 fully saturated rings. The first-order valence-electron chi connectivity index (χ1n) is 8.90. The van der Waals surface area contributed by atoms with Gasteiger partial charge in [-0.05, 0) is 53.1 Å². The number of rotatable bonds is 6. The van der Waals surface area contributed by atoms with E-state index in [1.807, 2.05) is 54.6 Å². The van der Waals surface area contributed by atoms with Crippen LogP contribution in [0.25, 0.3) is 6.08 Å². The van der Waals surface area contributed by atoms with Crippen molar-refractivity contribution in [2.24, 2.45) is 0 Å². The van der Waals surface area contributed by atoms with Gasteiger partial charge in [0.2, 0.25) is 0 Å². The van der Waals surface area contributed by atoms with Gasteiger partial charge in [0.25, 0.3) is 11.8 Å². The minimum Gasteiger partial charge on any atom is -0.341 e. The molecule has 0 heterocycles. The molecular weight excluding hydrogens is 388 g/mol. The highest BCUT2D eigenvalue weighted by molar-refractivity contribution is 6.30. The zero-order chi connectivity index (χ0) is 20.6. The highest BCUT2D eigenvalue weighted by Crippen LogP contribution is 2.25. The van der Waals surface area contributed by atoms with Crippen LogP contribution >= 0.6 is 11.6 Å². The quantitative estimate of drug-likeness (QED) is 0.323. The fraction of sp³-hybridized carbons (Fsp3) is 0.0435. The van der Waals surface area contributed by atoms with Gasteiger partial charge < -0.3 is 5.32 Å². The van der Waals surface area contributed by atoms with E-state index in [-0.39, 0.29) is 5.91 Å². The molecule has 3 aromatic carbocycles. The number of hydroxylamine groups is 1. The topological polar surface area (TPSA) is 78.4 Å². The van der Waals surface area contributed by atoms with Crippen LogP contribution in [0.3, 0.4) is 0 Å². The number of carbonyl (C=O) groups is 2. The first kappa shape index (κ1) is 20.3. The van der Waals surface area contributed by atoms with Gasteiger partial charge >= 0.3 is 0 Å². The van der Waals surface area contributed by atoms with Crippen molar-refractivity contribution in [1.29, 1.82) is 0 Å². The van der Waals surface area contributed by atoms with Crippen LogP contribution in [-0.4, -0.2) is 17.0 Å². The van der Waals surface area contributed by atoms with Gasteiger partial charge in [-0.25, -0.2) is 5.48 Å². The van der Waals surface area contributed by atoms with Gasteiger partial charge in [-0.2, -0.15) is 0 Å². The van der Waals surface area contributed by atoms with Gasteiger partial charge in [0, 0.05) is 16.7 Å². The second-order valence-electron chi connectivity index (χ2n) is 6.30. The molecule has 0 aromatic heterocycles. The molecule has 3 aromatic rings. The van der Waals surface area contributed by atoms with Crippen molar-refractivity contribution in [3.63, 3.8) is 0 Å². The summed E-state index contributed by atoms with van der Waals surface area (Å²) < 4.78 is 0. The lowest BCUT2D eigenvalue weighted by Crippen LogP contribution is -2.29. The summed E-state index contributed by atoms with van der Waals surface area (Å²) in [6.07, 6.45) is 2.80. The Kier molecular flexibility index (Phi) is 6.79. The van der Waals surface area contributed by atoms with Crippen LogP contribution in [0.4, 0.5) is 0 Å². The number of nitrogens with one attached hydrogen (secondary N) is 2. The van der Waals surface area contributed by atoms with Gasteiger partial charge in [-0.3, -0.25) is 14.8 Å². The Hall–Kier alpha value is -3.41. The number of carbonyl (C=O) groups excluding carboxylic acids is 2. The molecule has 0 radical (unpaired) electrons. The predicted molar refractivity (Wildman–Crippen MR) is 113 cm³/mol. The monoisotopic (exact) mass is 406 g/mol. The molecule has 0 aliphatic rings. The van der Waals surface area contributed by atoms with Crippen molar-refractivity contribution in [2.45, 2.75) is 6.04 Å². The van der Waals surface area contributed by atoms with Crippen molar-refractivity contribution in [2.75, 3.05) is 0 Å². The third-order valence-electron chi connectivity index (χ3n) is 4.30. The molecule has 3 rings (SSSR count). The third kappa shape index (κ3) is 5.54.